The molecule has 0 aliphatic heterocycles. The van der Waals surface area contributed by atoms with Crippen LogP contribution in [0.1, 0.15) is 56.0 Å². The third kappa shape index (κ3) is 4.28. The molecular formula is C18H22O3. The smallest absolute Gasteiger partial charge is 0.309 e. The quantitative estimate of drug-likeness (QED) is 0.622. The Hall–Kier alpha value is -1.90. The van der Waals surface area contributed by atoms with Gasteiger partial charge in [0.1, 0.15) is 11.9 Å². The number of aldehydes is 1. The summed E-state index contributed by atoms with van der Waals surface area (Å²) in [5.41, 5.74) is 2.63. The molecule has 0 saturated heterocycles. The maximum Gasteiger partial charge on any atom is 0.309 e. The first-order chi connectivity index (χ1) is 9.89. The Morgan fingerprint density at radius 2 is 1.90 bits per heavy atom. The number of esters is 1. The first-order valence-electron chi connectivity index (χ1n) is 7.36. The van der Waals surface area contributed by atoms with Crippen molar-refractivity contribution in [2.45, 2.75) is 45.6 Å². The van der Waals surface area contributed by atoms with Gasteiger partial charge in [-0.25, -0.2) is 0 Å². The molecule has 21 heavy (non-hydrogen) atoms. The van der Waals surface area contributed by atoms with Crippen LogP contribution in [0.2, 0.25) is 0 Å². The fourth-order valence-corrected chi connectivity index (χ4v) is 2.47. The Labute approximate surface area is 126 Å². The first kappa shape index (κ1) is 15.5. The van der Waals surface area contributed by atoms with Crippen molar-refractivity contribution in [3.05, 3.63) is 41.5 Å². The van der Waals surface area contributed by atoms with Crippen LogP contribution in [-0.4, -0.2) is 17.9 Å². The zero-order valence-corrected chi connectivity index (χ0v) is 12.9. The van der Waals surface area contributed by atoms with Crippen LogP contribution < -0.4 is 0 Å². The van der Waals surface area contributed by atoms with E-state index in [1.807, 2.05) is 45.0 Å². The summed E-state index contributed by atoms with van der Waals surface area (Å²) in [6, 6.07) is 7.57. The monoisotopic (exact) mass is 286 g/mol. The standard InChI is InChI=1S/C18H22O3/c1-18(2,3)21-17(20)16-10-8-15(9-11-16)14-6-4-13(12-19)5-7-14/h4-8,12,16H,9-11H2,1-3H3. The van der Waals surface area contributed by atoms with Crippen LogP contribution >= 0.6 is 0 Å². The van der Waals surface area contributed by atoms with Crippen molar-refractivity contribution in [2.24, 2.45) is 5.92 Å². The van der Waals surface area contributed by atoms with Gasteiger partial charge in [0.15, 0.2) is 0 Å². The van der Waals surface area contributed by atoms with Crippen molar-refractivity contribution in [2.75, 3.05) is 0 Å². The van der Waals surface area contributed by atoms with Crippen LogP contribution in [0.4, 0.5) is 0 Å². The van der Waals surface area contributed by atoms with Crippen molar-refractivity contribution in [3.63, 3.8) is 0 Å². The van der Waals surface area contributed by atoms with Gasteiger partial charge in [0.05, 0.1) is 5.92 Å². The molecule has 1 aliphatic rings. The minimum absolute atomic E-state index is 0.0396. The molecule has 0 amide bonds. The van der Waals surface area contributed by atoms with Crippen LogP contribution in [-0.2, 0) is 9.53 Å². The van der Waals surface area contributed by atoms with Crippen molar-refractivity contribution < 1.29 is 14.3 Å². The Kier molecular flexibility index (Phi) is 4.61. The Morgan fingerprint density at radius 3 is 2.38 bits per heavy atom. The molecule has 0 N–H and O–H groups in total. The highest BCUT2D eigenvalue weighted by Crippen LogP contribution is 2.31. The van der Waals surface area contributed by atoms with E-state index in [1.54, 1.807) is 0 Å². The molecule has 0 radical (unpaired) electrons. The van der Waals surface area contributed by atoms with E-state index in [4.69, 9.17) is 4.74 Å². The number of ether oxygens (including phenoxy) is 1. The van der Waals surface area contributed by atoms with Gasteiger partial charge in [0, 0.05) is 5.56 Å². The van der Waals surface area contributed by atoms with Gasteiger partial charge >= 0.3 is 5.97 Å². The van der Waals surface area contributed by atoms with Crippen LogP contribution in [0.5, 0.6) is 0 Å². The van der Waals surface area contributed by atoms with Crippen LogP contribution in [0.15, 0.2) is 30.3 Å². The fourth-order valence-electron chi connectivity index (χ4n) is 2.47. The van der Waals surface area contributed by atoms with Gasteiger partial charge in [0.2, 0.25) is 0 Å². The lowest BCUT2D eigenvalue weighted by molar-refractivity contribution is -0.160. The molecule has 3 heteroatoms. The lowest BCUT2D eigenvalue weighted by Gasteiger charge is -2.26. The molecule has 1 atom stereocenters. The van der Waals surface area contributed by atoms with E-state index >= 15 is 0 Å². The van der Waals surface area contributed by atoms with Crippen LogP contribution in [0.25, 0.3) is 5.57 Å². The fraction of sp³-hybridized carbons (Fsp3) is 0.444. The lowest BCUT2D eigenvalue weighted by Crippen LogP contribution is -2.29. The molecule has 1 aromatic rings. The molecule has 0 saturated carbocycles. The lowest BCUT2D eigenvalue weighted by atomic mass is 9.86. The van der Waals surface area contributed by atoms with E-state index in [1.165, 1.54) is 5.57 Å². The average molecular weight is 286 g/mol. The van der Waals surface area contributed by atoms with Gasteiger partial charge < -0.3 is 4.74 Å². The maximum absolute atomic E-state index is 12.1. The summed E-state index contributed by atoms with van der Waals surface area (Å²) >= 11 is 0. The average Bonchev–Trinajstić information content (AvgIpc) is 2.46. The highest BCUT2D eigenvalue weighted by Gasteiger charge is 2.26. The van der Waals surface area contributed by atoms with E-state index in [0.717, 1.165) is 31.1 Å². The summed E-state index contributed by atoms with van der Waals surface area (Å²) in [7, 11) is 0. The van der Waals surface area contributed by atoms with Gasteiger partial charge in [-0.1, -0.05) is 30.3 Å². The summed E-state index contributed by atoms with van der Waals surface area (Å²) in [5, 5.41) is 0. The summed E-state index contributed by atoms with van der Waals surface area (Å²) in [5.74, 6) is -0.142. The van der Waals surface area contributed by atoms with E-state index in [-0.39, 0.29) is 11.9 Å². The largest absolute Gasteiger partial charge is 0.460 e. The predicted molar refractivity (Wildman–Crippen MR) is 83.0 cm³/mol. The minimum Gasteiger partial charge on any atom is -0.460 e. The second-order valence-corrected chi connectivity index (χ2v) is 6.47. The number of hydrogen-bond donors (Lipinski definition) is 0. The Balaban J connectivity index is 2.01. The van der Waals surface area contributed by atoms with Crippen LogP contribution in [0, 0.1) is 5.92 Å². The Morgan fingerprint density at radius 1 is 1.24 bits per heavy atom. The molecule has 3 nitrogen and oxygen atoms in total. The molecule has 0 fully saturated rings. The van der Waals surface area contributed by atoms with Crippen LogP contribution in [0.3, 0.4) is 0 Å². The zero-order valence-electron chi connectivity index (χ0n) is 12.9. The first-order valence-corrected chi connectivity index (χ1v) is 7.36. The van der Waals surface area contributed by atoms with E-state index in [2.05, 4.69) is 6.08 Å². The molecule has 0 spiro atoms. The predicted octanol–water partition coefficient (Wildman–Crippen LogP) is 4.02. The van der Waals surface area contributed by atoms with Crippen molar-refractivity contribution in [1.82, 2.24) is 0 Å². The van der Waals surface area contributed by atoms with Gasteiger partial charge in [-0.05, 0) is 51.2 Å². The summed E-state index contributed by atoms with van der Waals surface area (Å²) in [4.78, 5) is 22.7. The maximum atomic E-state index is 12.1. The third-order valence-corrected chi connectivity index (χ3v) is 3.57. The molecule has 2 rings (SSSR count). The minimum atomic E-state index is -0.425. The van der Waals surface area contributed by atoms with Crippen molar-refractivity contribution in [1.29, 1.82) is 0 Å². The molecule has 112 valence electrons. The number of carbonyl (C=O) groups excluding carboxylic acids is 2. The molecule has 1 aliphatic carbocycles. The van der Waals surface area contributed by atoms with Gasteiger partial charge in [0.25, 0.3) is 0 Å². The summed E-state index contributed by atoms with van der Waals surface area (Å²) in [6.45, 7) is 5.68. The second-order valence-electron chi connectivity index (χ2n) is 6.47. The normalized spacial score (nSPS) is 18.8. The second kappa shape index (κ2) is 6.25. The van der Waals surface area contributed by atoms with E-state index in [9.17, 15) is 9.59 Å². The van der Waals surface area contributed by atoms with Gasteiger partial charge in [-0.15, -0.1) is 0 Å². The number of carbonyl (C=O) groups is 2. The molecule has 0 bridgehead atoms. The number of hydrogen-bond acceptors (Lipinski definition) is 3. The highest BCUT2D eigenvalue weighted by atomic mass is 16.6. The number of benzene rings is 1. The molecular weight excluding hydrogens is 264 g/mol. The molecule has 0 aromatic heterocycles. The molecule has 1 unspecified atom stereocenters. The van der Waals surface area contributed by atoms with Gasteiger partial charge in [-0.3, -0.25) is 9.59 Å². The number of rotatable bonds is 3. The van der Waals surface area contributed by atoms with Gasteiger partial charge in [-0.2, -0.15) is 0 Å². The summed E-state index contributed by atoms with van der Waals surface area (Å²) < 4.78 is 5.44. The summed E-state index contributed by atoms with van der Waals surface area (Å²) in [6.07, 6.45) is 5.37. The Bertz CT molecular complexity index is 547. The zero-order chi connectivity index (χ0) is 15.5. The highest BCUT2D eigenvalue weighted by molar-refractivity contribution is 5.78. The molecule has 0 heterocycles. The number of allylic oxidation sites excluding steroid dienone is 2. The van der Waals surface area contributed by atoms with Crippen molar-refractivity contribution in [3.8, 4) is 0 Å². The van der Waals surface area contributed by atoms with E-state index in [0.29, 0.717) is 5.56 Å². The van der Waals surface area contributed by atoms with Crippen molar-refractivity contribution >= 4 is 17.8 Å². The third-order valence-electron chi connectivity index (χ3n) is 3.57. The van der Waals surface area contributed by atoms with E-state index < -0.39 is 5.60 Å². The molecule has 1 aromatic carbocycles. The topological polar surface area (TPSA) is 43.4 Å². The SMILES string of the molecule is CC(C)(C)OC(=O)C1CC=C(c2ccc(C=O)cc2)CC1.